The lowest BCUT2D eigenvalue weighted by Crippen LogP contribution is -2.51. The number of likely N-dealkylation sites (N-methyl/N-ethyl adjacent to an activating group) is 1. The van der Waals surface area contributed by atoms with Crippen molar-refractivity contribution < 1.29 is 13.9 Å². The SMILES string of the molecule is CN1CCN(Cc2cccc(F)c2F)C[C@@H]1CCO. The lowest BCUT2D eigenvalue weighted by Gasteiger charge is -2.39. The van der Waals surface area contributed by atoms with E-state index in [9.17, 15) is 8.78 Å². The van der Waals surface area contributed by atoms with Crippen molar-refractivity contribution in [2.45, 2.75) is 19.0 Å². The second-order valence-corrected chi connectivity index (χ2v) is 5.09. The van der Waals surface area contributed by atoms with Crippen LogP contribution in [0.4, 0.5) is 8.78 Å². The van der Waals surface area contributed by atoms with Crippen LogP contribution < -0.4 is 0 Å². The van der Waals surface area contributed by atoms with Gasteiger partial charge >= 0.3 is 0 Å². The van der Waals surface area contributed by atoms with Gasteiger partial charge in [0.1, 0.15) is 0 Å². The lowest BCUT2D eigenvalue weighted by atomic mass is 10.1. The predicted molar refractivity (Wildman–Crippen MR) is 69.8 cm³/mol. The third-order valence-corrected chi connectivity index (χ3v) is 3.75. The Hall–Kier alpha value is -1.04. The van der Waals surface area contributed by atoms with Gasteiger partial charge in [-0.15, -0.1) is 0 Å². The maximum atomic E-state index is 13.6. The summed E-state index contributed by atoms with van der Waals surface area (Å²) in [6, 6.07) is 4.57. The summed E-state index contributed by atoms with van der Waals surface area (Å²) in [5.41, 5.74) is 0.396. The van der Waals surface area contributed by atoms with Crippen LogP contribution in [0.25, 0.3) is 0 Å². The average molecular weight is 270 g/mol. The summed E-state index contributed by atoms with van der Waals surface area (Å²) >= 11 is 0. The average Bonchev–Trinajstić information content (AvgIpc) is 2.39. The third-order valence-electron chi connectivity index (χ3n) is 3.75. The molecule has 3 nitrogen and oxygen atoms in total. The zero-order chi connectivity index (χ0) is 13.8. The molecule has 0 aliphatic carbocycles. The first kappa shape index (κ1) is 14.4. The van der Waals surface area contributed by atoms with E-state index >= 15 is 0 Å². The Morgan fingerprint density at radius 3 is 2.84 bits per heavy atom. The van der Waals surface area contributed by atoms with Gasteiger partial charge in [0.25, 0.3) is 0 Å². The van der Waals surface area contributed by atoms with Crippen molar-refractivity contribution in [3.05, 3.63) is 35.4 Å². The molecule has 1 heterocycles. The highest BCUT2D eigenvalue weighted by atomic mass is 19.2. The topological polar surface area (TPSA) is 26.7 Å². The molecule has 106 valence electrons. The van der Waals surface area contributed by atoms with E-state index in [-0.39, 0.29) is 12.6 Å². The molecular weight excluding hydrogens is 250 g/mol. The van der Waals surface area contributed by atoms with Gasteiger partial charge in [0.05, 0.1) is 0 Å². The summed E-state index contributed by atoms with van der Waals surface area (Å²) in [5.74, 6) is -1.54. The minimum absolute atomic E-state index is 0.150. The molecule has 0 aromatic heterocycles. The van der Waals surface area contributed by atoms with Crippen LogP contribution in [0.2, 0.25) is 0 Å². The fraction of sp³-hybridized carbons (Fsp3) is 0.571. The molecule has 1 aliphatic rings. The quantitative estimate of drug-likeness (QED) is 0.897. The van der Waals surface area contributed by atoms with Crippen LogP contribution in [-0.2, 0) is 6.54 Å². The van der Waals surface area contributed by atoms with Gasteiger partial charge in [0.2, 0.25) is 0 Å². The molecule has 19 heavy (non-hydrogen) atoms. The number of nitrogens with zero attached hydrogens (tertiary/aromatic N) is 2. The van der Waals surface area contributed by atoms with Crippen LogP contribution >= 0.6 is 0 Å². The molecule has 0 spiro atoms. The van der Waals surface area contributed by atoms with Crippen molar-refractivity contribution >= 4 is 0 Å². The third kappa shape index (κ3) is 3.49. The van der Waals surface area contributed by atoms with Gasteiger partial charge < -0.3 is 10.0 Å². The van der Waals surface area contributed by atoms with E-state index in [0.29, 0.717) is 18.5 Å². The highest BCUT2D eigenvalue weighted by Crippen LogP contribution is 2.17. The molecule has 1 fully saturated rings. The summed E-state index contributed by atoms with van der Waals surface area (Å²) in [6.07, 6.45) is 0.707. The molecule has 1 aromatic carbocycles. The minimum atomic E-state index is -0.793. The van der Waals surface area contributed by atoms with Crippen molar-refractivity contribution in [2.24, 2.45) is 0 Å². The number of halogens is 2. The van der Waals surface area contributed by atoms with Crippen LogP contribution in [-0.4, -0.2) is 54.2 Å². The molecule has 0 unspecified atom stereocenters. The minimum Gasteiger partial charge on any atom is -0.396 e. The highest BCUT2D eigenvalue weighted by molar-refractivity contribution is 5.19. The summed E-state index contributed by atoms with van der Waals surface area (Å²) in [6.45, 7) is 3.04. The monoisotopic (exact) mass is 270 g/mol. The Bertz CT molecular complexity index is 428. The van der Waals surface area contributed by atoms with E-state index in [2.05, 4.69) is 9.80 Å². The van der Waals surface area contributed by atoms with Gasteiger partial charge in [0.15, 0.2) is 11.6 Å². The molecule has 1 N–H and O–H groups in total. The fourth-order valence-electron chi connectivity index (χ4n) is 2.53. The molecule has 0 bridgehead atoms. The number of aliphatic hydroxyl groups excluding tert-OH is 1. The molecule has 0 radical (unpaired) electrons. The maximum absolute atomic E-state index is 13.6. The molecule has 1 saturated heterocycles. The van der Waals surface area contributed by atoms with Crippen molar-refractivity contribution in [3.63, 3.8) is 0 Å². The first-order valence-corrected chi connectivity index (χ1v) is 6.58. The van der Waals surface area contributed by atoms with Gasteiger partial charge in [-0.05, 0) is 19.5 Å². The molecule has 0 saturated carbocycles. The largest absolute Gasteiger partial charge is 0.396 e. The maximum Gasteiger partial charge on any atom is 0.163 e. The Balaban J connectivity index is 2.01. The number of rotatable bonds is 4. The number of hydrogen-bond donors (Lipinski definition) is 1. The van der Waals surface area contributed by atoms with Crippen molar-refractivity contribution in [3.8, 4) is 0 Å². The van der Waals surface area contributed by atoms with Crippen LogP contribution in [0, 0.1) is 11.6 Å². The van der Waals surface area contributed by atoms with E-state index in [1.165, 1.54) is 6.07 Å². The molecule has 1 aromatic rings. The summed E-state index contributed by atoms with van der Waals surface area (Å²) < 4.78 is 26.8. The van der Waals surface area contributed by atoms with Crippen molar-refractivity contribution in [1.29, 1.82) is 0 Å². The van der Waals surface area contributed by atoms with E-state index in [1.807, 2.05) is 7.05 Å². The molecule has 0 amide bonds. The van der Waals surface area contributed by atoms with Crippen molar-refractivity contribution in [1.82, 2.24) is 9.80 Å². The molecule has 1 aliphatic heterocycles. The van der Waals surface area contributed by atoms with Gasteiger partial charge in [-0.1, -0.05) is 12.1 Å². The van der Waals surface area contributed by atoms with Gasteiger partial charge in [0, 0.05) is 44.4 Å². The summed E-state index contributed by atoms with van der Waals surface area (Å²) in [7, 11) is 2.03. The van der Waals surface area contributed by atoms with E-state index in [0.717, 1.165) is 25.7 Å². The zero-order valence-corrected chi connectivity index (χ0v) is 11.1. The lowest BCUT2D eigenvalue weighted by molar-refractivity contribution is 0.0735. The van der Waals surface area contributed by atoms with E-state index in [4.69, 9.17) is 5.11 Å². The predicted octanol–water partition coefficient (Wildman–Crippen LogP) is 1.46. The molecule has 2 rings (SSSR count). The smallest absolute Gasteiger partial charge is 0.163 e. The highest BCUT2D eigenvalue weighted by Gasteiger charge is 2.24. The van der Waals surface area contributed by atoms with Crippen LogP contribution in [0.5, 0.6) is 0 Å². The summed E-state index contributed by atoms with van der Waals surface area (Å²) in [4.78, 5) is 4.31. The number of piperazine rings is 1. The molecule has 1 atom stereocenters. The van der Waals surface area contributed by atoms with Gasteiger partial charge in [-0.3, -0.25) is 4.90 Å². The zero-order valence-electron chi connectivity index (χ0n) is 11.1. The Morgan fingerprint density at radius 2 is 2.11 bits per heavy atom. The van der Waals surface area contributed by atoms with E-state index < -0.39 is 11.6 Å². The molecular formula is C14H20F2N2O. The Labute approximate surface area is 112 Å². The normalized spacial score (nSPS) is 21.8. The van der Waals surface area contributed by atoms with Crippen LogP contribution in [0.3, 0.4) is 0 Å². The van der Waals surface area contributed by atoms with Crippen LogP contribution in [0.15, 0.2) is 18.2 Å². The number of aliphatic hydroxyl groups is 1. The number of benzene rings is 1. The second-order valence-electron chi connectivity index (χ2n) is 5.09. The first-order valence-electron chi connectivity index (χ1n) is 6.58. The first-order chi connectivity index (χ1) is 9.11. The fourth-order valence-corrected chi connectivity index (χ4v) is 2.53. The van der Waals surface area contributed by atoms with Crippen LogP contribution in [0.1, 0.15) is 12.0 Å². The second kappa shape index (κ2) is 6.41. The number of hydrogen-bond acceptors (Lipinski definition) is 3. The van der Waals surface area contributed by atoms with Gasteiger partial charge in [-0.2, -0.15) is 0 Å². The summed E-state index contributed by atoms with van der Waals surface area (Å²) in [5, 5.41) is 9.04. The van der Waals surface area contributed by atoms with E-state index in [1.54, 1.807) is 6.07 Å². The van der Waals surface area contributed by atoms with Crippen molar-refractivity contribution in [2.75, 3.05) is 33.3 Å². The standard InChI is InChI=1S/C14H20F2N2O/c1-17-6-7-18(10-12(17)5-8-19)9-11-3-2-4-13(15)14(11)16/h2-4,12,19H,5-10H2,1H3/t12-/m0/s1. The van der Waals surface area contributed by atoms with Gasteiger partial charge in [-0.25, -0.2) is 8.78 Å². The Morgan fingerprint density at radius 1 is 1.32 bits per heavy atom. The molecule has 5 heteroatoms. The Kier molecular flexibility index (Phi) is 4.85.